The van der Waals surface area contributed by atoms with Gasteiger partial charge in [-0.3, -0.25) is 14.5 Å². The molecule has 1 aliphatic carbocycles. The quantitative estimate of drug-likeness (QED) is 0.133. The van der Waals surface area contributed by atoms with Gasteiger partial charge in [-0.2, -0.15) is 0 Å². The zero-order valence-electron chi connectivity index (χ0n) is 25.7. The summed E-state index contributed by atoms with van der Waals surface area (Å²) in [6.45, 7) is 2.70. The number of carbonyl (C=O) groups is 4. The van der Waals surface area contributed by atoms with Crippen LogP contribution in [0, 0.1) is 0 Å². The Morgan fingerprint density at radius 2 is 2.00 bits per heavy atom. The third-order valence-electron chi connectivity index (χ3n) is 7.45. The van der Waals surface area contributed by atoms with Crippen molar-refractivity contribution in [1.82, 2.24) is 40.3 Å². The number of β-lactam (4-membered cyclic amide) rings is 1. The molecular weight excluding hydrogens is 659 g/mol. The van der Waals surface area contributed by atoms with Crippen molar-refractivity contribution < 1.29 is 33.4 Å². The third kappa shape index (κ3) is 8.48. The lowest BCUT2D eigenvalue weighted by Gasteiger charge is -2.49. The Kier molecular flexibility index (Phi) is 11.4. The molecule has 19 heteroatoms. The highest BCUT2D eigenvalue weighted by molar-refractivity contribution is 8.01. The van der Waals surface area contributed by atoms with E-state index in [0.717, 1.165) is 38.6 Å². The smallest absolute Gasteiger partial charge is 0.431 e. The van der Waals surface area contributed by atoms with Crippen molar-refractivity contribution in [2.24, 2.45) is 0 Å². The first kappa shape index (κ1) is 33.9. The summed E-state index contributed by atoms with van der Waals surface area (Å²) < 4.78 is 17.8. The van der Waals surface area contributed by atoms with E-state index in [2.05, 4.69) is 25.8 Å². The van der Waals surface area contributed by atoms with Gasteiger partial charge >= 0.3 is 12.1 Å². The van der Waals surface area contributed by atoms with Crippen LogP contribution in [0.5, 0.6) is 0 Å². The molecule has 2 aliphatic heterocycles. The molecule has 2 fully saturated rings. The highest BCUT2D eigenvalue weighted by Gasteiger charge is 2.54. The lowest BCUT2D eigenvalue weighted by molar-refractivity contribution is -0.170. The summed E-state index contributed by atoms with van der Waals surface area (Å²) in [5.41, 5.74) is 6.83. The number of ether oxygens (including phenoxy) is 3. The first-order chi connectivity index (χ1) is 22.1. The fourth-order valence-corrected chi connectivity index (χ4v) is 8.13. The van der Waals surface area contributed by atoms with Crippen LogP contribution >= 0.6 is 34.9 Å². The van der Waals surface area contributed by atoms with E-state index in [4.69, 9.17) is 19.9 Å². The number of nitrogen functional groups attached to an aromatic ring is 1. The molecule has 1 saturated carbocycles. The summed E-state index contributed by atoms with van der Waals surface area (Å²) in [5.74, 6) is -1.01. The van der Waals surface area contributed by atoms with Crippen molar-refractivity contribution in [3.63, 3.8) is 0 Å². The molecule has 3 atom stereocenters. The Labute approximate surface area is 278 Å². The maximum absolute atomic E-state index is 13.6. The van der Waals surface area contributed by atoms with Gasteiger partial charge in [0.1, 0.15) is 23.2 Å². The lowest BCUT2D eigenvalue weighted by atomic mass is 9.98. The number of nitrogens with zero attached hydrogens (tertiary/aromatic N) is 7. The first-order valence-corrected chi connectivity index (χ1v) is 17.8. The second-order valence-electron chi connectivity index (χ2n) is 11.3. The molecule has 250 valence electrons. The minimum Gasteiger partial charge on any atom is -0.431 e. The van der Waals surface area contributed by atoms with Gasteiger partial charge in [-0.05, 0) is 55.8 Å². The van der Waals surface area contributed by atoms with Gasteiger partial charge in [-0.25, -0.2) is 19.3 Å². The van der Waals surface area contributed by atoms with Crippen molar-refractivity contribution in [2.45, 2.75) is 81.0 Å². The normalized spacial score (nSPS) is 20.6. The van der Waals surface area contributed by atoms with Gasteiger partial charge in [0.2, 0.25) is 17.4 Å². The monoisotopic (exact) mass is 695 g/mol. The van der Waals surface area contributed by atoms with Gasteiger partial charge in [0, 0.05) is 30.4 Å². The molecule has 0 spiro atoms. The van der Waals surface area contributed by atoms with E-state index >= 15 is 0 Å². The number of likely N-dealkylation sites (N-methyl/N-ethyl adjacent to an activating group) is 1. The summed E-state index contributed by atoms with van der Waals surface area (Å²) in [6, 6.07) is -0.844. The van der Waals surface area contributed by atoms with Crippen molar-refractivity contribution in [2.75, 3.05) is 37.9 Å². The van der Waals surface area contributed by atoms with Crippen LogP contribution in [-0.2, 0) is 41.6 Å². The Hall–Kier alpha value is -3.42. The van der Waals surface area contributed by atoms with Crippen LogP contribution in [0.15, 0.2) is 21.8 Å². The van der Waals surface area contributed by atoms with Gasteiger partial charge in [-0.15, -0.1) is 28.2 Å². The first-order valence-electron chi connectivity index (χ1n) is 14.9. The number of hydrogen-bond donors (Lipinski definition) is 2. The Balaban J connectivity index is 1.27. The van der Waals surface area contributed by atoms with Gasteiger partial charge in [0.25, 0.3) is 5.91 Å². The van der Waals surface area contributed by atoms with E-state index in [9.17, 15) is 19.2 Å². The molecule has 3 N–H and O–H groups in total. The lowest BCUT2D eigenvalue weighted by Crippen LogP contribution is -2.70. The van der Waals surface area contributed by atoms with Gasteiger partial charge in [-0.1, -0.05) is 18.2 Å². The highest BCUT2D eigenvalue weighted by atomic mass is 32.2. The average Bonchev–Trinajstić information content (AvgIpc) is 3.65. The minimum absolute atomic E-state index is 0.0319. The number of thioether (sulfide) groups is 2. The zero-order chi connectivity index (χ0) is 32.8. The van der Waals surface area contributed by atoms with Crippen molar-refractivity contribution >= 4 is 63.9 Å². The van der Waals surface area contributed by atoms with E-state index in [0.29, 0.717) is 33.9 Å². The molecule has 46 heavy (non-hydrogen) atoms. The maximum atomic E-state index is 13.6. The number of nitrogens with two attached hydrogens (primary N) is 1. The van der Waals surface area contributed by atoms with E-state index in [1.807, 2.05) is 19.0 Å². The standard InChI is InChI=1S/C27H37N9O7S3/c1-15(42-27(40)43-18-7-5-4-6-8-18)41-24(39)21-16(13-46-26-31-32-33-35(26)10-9-34(2)3)12-44-23-20(22(38)36(21)23)30-19(37)11-17-14-45-25(28)29-17/h14-15,18,20,23H,4-13H2,1-3H3,(H2,28,29)(H,30,37)/t15-,20+,23-/m0/s1. The SMILES string of the molecule is C[C@H](OC(=O)OC1CCCCC1)OC(=O)C1=C(CSc2nnnn2CCN(C)C)CS[C@H]2[C@H](NC(=O)Cc3csc(N)n3)C(=O)N12. The molecule has 2 aromatic rings. The number of rotatable bonds is 13. The largest absolute Gasteiger partial charge is 0.511 e. The fourth-order valence-electron chi connectivity index (χ4n) is 5.18. The van der Waals surface area contributed by atoms with E-state index in [-0.39, 0.29) is 29.9 Å². The molecule has 3 aliphatic rings. The molecule has 4 heterocycles. The molecule has 2 amide bonds. The Bertz CT molecular complexity index is 1460. The van der Waals surface area contributed by atoms with Crippen LogP contribution in [-0.4, -0.2) is 115 Å². The van der Waals surface area contributed by atoms with Crippen molar-refractivity contribution in [3.8, 4) is 0 Å². The molecule has 0 unspecified atom stereocenters. The number of nitrogens with one attached hydrogen (secondary N) is 1. The number of tetrazole rings is 1. The molecule has 2 aromatic heterocycles. The summed E-state index contributed by atoms with van der Waals surface area (Å²) in [6.07, 6.45) is 2.14. The number of esters is 1. The van der Waals surface area contributed by atoms with Crippen molar-refractivity contribution in [3.05, 3.63) is 22.3 Å². The topological polar surface area (TPSA) is 197 Å². The van der Waals surface area contributed by atoms with Crippen LogP contribution < -0.4 is 11.1 Å². The number of aromatic nitrogens is 5. The van der Waals surface area contributed by atoms with Crippen LogP contribution in [0.1, 0.15) is 44.7 Å². The molecule has 0 aromatic carbocycles. The van der Waals surface area contributed by atoms with E-state index in [1.165, 1.54) is 46.7 Å². The second kappa shape index (κ2) is 15.4. The average molecular weight is 696 g/mol. The van der Waals surface area contributed by atoms with Gasteiger partial charge in [0.05, 0.1) is 18.7 Å². The summed E-state index contributed by atoms with van der Waals surface area (Å²) >= 11 is 3.97. The van der Waals surface area contributed by atoms with Crippen LogP contribution in [0.4, 0.5) is 9.93 Å². The predicted octanol–water partition coefficient (Wildman–Crippen LogP) is 1.64. The number of anilines is 1. The summed E-state index contributed by atoms with van der Waals surface area (Å²) in [5, 5.41) is 16.8. The number of carbonyl (C=O) groups excluding carboxylic acids is 4. The summed E-state index contributed by atoms with van der Waals surface area (Å²) in [4.78, 5) is 59.6. The Morgan fingerprint density at radius 3 is 2.72 bits per heavy atom. The van der Waals surface area contributed by atoms with Gasteiger partial charge in [0.15, 0.2) is 5.13 Å². The molecule has 16 nitrogen and oxygen atoms in total. The number of amides is 2. The molecular formula is C27H37N9O7S3. The number of thiazole rings is 1. The third-order valence-corrected chi connectivity index (χ3v) is 10.6. The highest BCUT2D eigenvalue weighted by Crippen LogP contribution is 2.42. The van der Waals surface area contributed by atoms with Crippen LogP contribution in [0.3, 0.4) is 0 Å². The van der Waals surface area contributed by atoms with Crippen molar-refractivity contribution in [1.29, 1.82) is 0 Å². The number of hydrogen-bond acceptors (Lipinski definition) is 16. The second-order valence-corrected chi connectivity index (χ2v) is 14.2. The maximum Gasteiger partial charge on any atom is 0.511 e. The van der Waals surface area contributed by atoms with E-state index in [1.54, 1.807) is 10.1 Å². The van der Waals surface area contributed by atoms with Gasteiger partial charge < -0.3 is 30.2 Å². The predicted molar refractivity (Wildman–Crippen MR) is 169 cm³/mol. The Morgan fingerprint density at radius 1 is 1.22 bits per heavy atom. The molecule has 0 radical (unpaired) electrons. The van der Waals surface area contributed by atoms with Crippen LogP contribution in [0.2, 0.25) is 0 Å². The van der Waals surface area contributed by atoms with Crippen LogP contribution in [0.25, 0.3) is 0 Å². The molecule has 0 bridgehead atoms. The minimum atomic E-state index is -1.27. The molecule has 5 rings (SSSR count). The molecule has 1 saturated heterocycles. The van der Waals surface area contributed by atoms with E-state index < -0.39 is 35.7 Å². The fraction of sp³-hybridized carbons (Fsp3) is 0.630. The number of fused-ring (bicyclic) bond motifs is 1. The summed E-state index contributed by atoms with van der Waals surface area (Å²) in [7, 11) is 3.90. The zero-order valence-corrected chi connectivity index (χ0v) is 28.2.